The van der Waals surface area contributed by atoms with Gasteiger partial charge in [-0.3, -0.25) is 0 Å². The van der Waals surface area contributed by atoms with Crippen LogP contribution in [-0.2, 0) is 0 Å². The number of hydrogen-bond donors (Lipinski definition) is 1. The lowest BCUT2D eigenvalue weighted by Crippen LogP contribution is -2.32. The minimum absolute atomic E-state index is 0.311. The van der Waals surface area contributed by atoms with Crippen molar-refractivity contribution in [1.29, 1.82) is 5.26 Å². The maximum absolute atomic E-state index is 8.64. The Kier molecular flexibility index (Phi) is 2.90. The number of nitrogens with zero attached hydrogens (tertiary/aromatic N) is 1. The number of nitriles is 1. The van der Waals surface area contributed by atoms with Gasteiger partial charge in [0.1, 0.15) is 0 Å². The highest BCUT2D eigenvalue weighted by Crippen LogP contribution is 2.24. The number of hydrogen-bond acceptors (Lipinski definition) is 2. The van der Waals surface area contributed by atoms with Crippen LogP contribution in [0.25, 0.3) is 0 Å². The summed E-state index contributed by atoms with van der Waals surface area (Å²) in [6, 6.07) is 3.48. The first-order valence-corrected chi connectivity index (χ1v) is 4.38. The van der Waals surface area contributed by atoms with E-state index in [1.54, 1.807) is 0 Å². The molecule has 1 saturated carbocycles. The van der Waals surface area contributed by atoms with Crippen molar-refractivity contribution in [1.82, 2.24) is 5.32 Å². The SMILES string of the molecule is CC(C)NC1CCC(C#N)C1. The highest BCUT2D eigenvalue weighted by atomic mass is 14.9. The molecule has 0 saturated heterocycles. The zero-order chi connectivity index (χ0) is 8.27. The Labute approximate surface area is 68.6 Å². The first-order chi connectivity index (χ1) is 5.22. The molecule has 0 aromatic carbocycles. The van der Waals surface area contributed by atoms with Gasteiger partial charge >= 0.3 is 0 Å². The molecular formula is C9H16N2. The van der Waals surface area contributed by atoms with E-state index in [2.05, 4.69) is 25.2 Å². The van der Waals surface area contributed by atoms with Crippen molar-refractivity contribution in [3.05, 3.63) is 0 Å². The predicted molar refractivity (Wildman–Crippen MR) is 45.0 cm³/mol. The van der Waals surface area contributed by atoms with Crippen molar-refractivity contribution >= 4 is 0 Å². The highest BCUT2D eigenvalue weighted by molar-refractivity contribution is 4.92. The molecule has 0 spiro atoms. The van der Waals surface area contributed by atoms with Crippen LogP contribution in [0.1, 0.15) is 33.1 Å². The Balaban J connectivity index is 2.26. The second-order valence-corrected chi connectivity index (χ2v) is 3.66. The van der Waals surface area contributed by atoms with Crippen LogP contribution >= 0.6 is 0 Å². The third-order valence-corrected chi connectivity index (χ3v) is 2.18. The van der Waals surface area contributed by atoms with Gasteiger partial charge in [0, 0.05) is 18.0 Å². The third-order valence-electron chi connectivity index (χ3n) is 2.18. The summed E-state index contributed by atoms with van der Waals surface area (Å²) in [5.41, 5.74) is 0. The van der Waals surface area contributed by atoms with Gasteiger partial charge in [0.2, 0.25) is 0 Å². The molecule has 1 aliphatic carbocycles. The molecule has 1 aliphatic rings. The summed E-state index contributed by atoms with van der Waals surface area (Å²) in [5, 5.41) is 12.1. The van der Waals surface area contributed by atoms with Gasteiger partial charge in [-0.25, -0.2) is 0 Å². The van der Waals surface area contributed by atoms with E-state index in [9.17, 15) is 0 Å². The molecule has 62 valence electrons. The van der Waals surface area contributed by atoms with Crippen LogP contribution in [0.3, 0.4) is 0 Å². The second kappa shape index (κ2) is 3.73. The van der Waals surface area contributed by atoms with Gasteiger partial charge in [0.25, 0.3) is 0 Å². The molecule has 1 rings (SSSR count). The maximum atomic E-state index is 8.64. The topological polar surface area (TPSA) is 35.8 Å². The van der Waals surface area contributed by atoms with Crippen molar-refractivity contribution in [3.8, 4) is 6.07 Å². The quantitative estimate of drug-likeness (QED) is 0.653. The lowest BCUT2D eigenvalue weighted by atomic mass is 10.1. The van der Waals surface area contributed by atoms with Crippen molar-refractivity contribution in [3.63, 3.8) is 0 Å². The van der Waals surface area contributed by atoms with Gasteiger partial charge in [-0.1, -0.05) is 13.8 Å². The van der Waals surface area contributed by atoms with Crippen LogP contribution in [-0.4, -0.2) is 12.1 Å². The second-order valence-electron chi connectivity index (χ2n) is 3.66. The maximum Gasteiger partial charge on any atom is 0.0656 e. The average Bonchev–Trinajstić information content (AvgIpc) is 2.34. The van der Waals surface area contributed by atoms with Crippen molar-refractivity contribution < 1.29 is 0 Å². The summed E-state index contributed by atoms with van der Waals surface area (Å²) in [6.07, 6.45) is 3.31. The Morgan fingerprint density at radius 1 is 1.45 bits per heavy atom. The molecule has 0 bridgehead atoms. The molecule has 0 radical (unpaired) electrons. The summed E-state index contributed by atoms with van der Waals surface area (Å²) in [4.78, 5) is 0. The van der Waals surface area contributed by atoms with E-state index >= 15 is 0 Å². The van der Waals surface area contributed by atoms with Crippen LogP contribution < -0.4 is 5.32 Å². The largest absolute Gasteiger partial charge is 0.312 e. The molecule has 2 unspecified atom stereocenters. The molecule has 2 atom stereocenters. The lowest BCUT2D eigenvalue weighted by Gasteiger charge is -2.14. The molecule has 1 fully saturated rings. The Hall–Kier alpha value is -0.550. The summed E-state index contributed by atoms with van der Waals surface area (Å²) >= 11 is 0. The van der Waals surface area contributed by atoms with Crippen LogP contribution in [0.15, 0.2) is 0 Å². The van der Waals surface area contributed by atoms with Gasteiger partial charge in [-0.15, -0.1) is 0 Å². The van der Waals surface area contributed by atoms with Crippen LogP contribution in [0.2, 0.25) is 0 Å². The summed E-state index contributed by atoms with van der Waals surface area (Å²) in [6.45, 7) is 4.30. The standard InChI is InChI=1S/C9H16N2/c1-7(2)11-9-4-3-8(5-9)6-10/h7-9,11H,3-5H2,1-2H3. The first kappa shape index (κ1) is 8.55. The number of nitrogens with one attached hydrogen (secondary N) is 1. The normalized spacial score (nSPS) is 30.7. The molecule has 11 heavy (non-hydrogen) atoms. The third kappa shape index (κ3) is 2.51. The molecule has 2 heteroatoms. The molecule has 1 N–H and O–H groups in total. The molecule has 2 nitrogen and oxygen atoms in total. The zero-order valence-corrected chi connectivity index (χ0v) is 7.30. The minimum Gasteiger partial charge on any atom is -0.312 e. The zero-order valence-electron chi connectivity index (χ0n) is 7.30. The Morgan fingerprint density at radius 2 is 2.18 bits per heavy atom. The molecular weight excluding hydrogens is 136 g/mol. The van der Waals surface area contributed by atoms with E-state index in [4.69, 9.17) is 5.26 Å². The lowest BCUT2D eigenvalue weighted by molar-refractivity contribution is 0.465. The van der Waals surface area contributed by atoms with Crippen LogP contribution in [0, 0.1) is 17.2 Å². The van der Waals surface area contributed by atoms with Crippen LogP contribution in [0.4, 0.5) is 0 Å². The number of rotatable bonds is 2. The molecule has 0 aromatic heterocycles. The fourth-order valence-electron chi connectivity index (χ4n) is 1.72. The van der Waals surface area contributed by atoms with E-state index in [-0.39, 0.29) is 0 Å². The Morgan fingerprint density at radius 3 is 2.64 bits per heavy atom. The van der Waals surface area contributed by atoms with Gasteiger partial charge in [0.15, 0.2) is 0 Å². The molecule has 0 heterocycles. The summed E-state index contributed by atoms with van der Waals surface area (Å²) in [5.74, 6) is 0.311. The van der Waals surface area contributed by atoms with Crippen molar-refractivity contribution in [2.24, 2.45) is 5.92 Å². The monoisotopic (exact) mass is 152 g/mol. The van der Waals surface area contributed by atoms with Crippen molar-refractivity contribution in [2.45, 2.75) is 45.2 Å². The first-order valence-electron chi connectivity index (χ1n) is 4.38. The van der Waals surface area contributed by atoms with E-state index in [1.165, 1.54) is 6.42 Å². The fourth-order valence-corrected chi connectivity index (χ4v) is 1.72. The van der Waals surface area contributed by atoms with E-state index < -0.39 is 0 Å². The smallest absolute Gasteiger partial charge is 0.0656 e. The van der Waals surface area contributed by atoms with Crippen LogP contribution in [0.5, 0.6) is 0 Å². The predicted octanol–water partition coefficient (Wildman–Crippen LogP) is 1.68. The van der Waals surface area contributed by atoms with Crippen molar-refractivity contribution in [2.75, 3.05) is 0 Å². The highest BCUT2D eigenvalue weighted by Gasteiger charge is 2.24. The summed E-state index contributed by atoms with van der Waals surface area (Å²) in [7, 11) is 0. The van der Waals surface area contributed by atoms with Gasteiger partial charge in [0.05, 0.1) is 6.07 Å². The Bertz CT molecular complexity index is 157. The average molecular weight is 152 g/mol. The van der Waals surface area contributed by atoms with Gasteiger partial charge < -0.3 is 5.32 Å². The van der Waals surface area contributed by atoms with E-state index in [0.29, 0.717) is 18.0 Å². The van der Waals surface area contributed by atoms with Gasteiger partial charge in [-0.05, 0) is 19.3 Å². The van der Waals surface area contributed by atoms with E-state index in [1.807, 2.05) is 0 Å². The summed E-state index contributed by atoms with van der Waals surface area (Å²) < 4.78 is 0. The fraction of sp³-hybridized carbons (Fsp3) is 0.889. The van der Waals surface area contributed by atoms with E-state index in [0.717, 1.165) is 12.8 Å². The molecule has 0 aliphatic heterocycles. The molecule has 0 amide bonds. The minimum atomic E-state index is 0.311. The van der Waals surface area contributed by atoms with Gasteiger partial charge in [-0.2, -0.15) is 5.26 Å². The molecule has 0 aromatic rings.